The predicted molar refractivity (Wildman–Crippen MR) is 279 cm³/mol. The van der Waals surface area contributed by atoms with Crippen molar-refractivity contribution in [2.45, 2.75) is 11.3 Å². The molecule has 312 valence electrons. The van der Waals surface area contributed by atoms with E-state index in [9.17, 15) is 0 Å². The number of hydrogen-bond acceptors (Lipinski definition) is 0. The van der Waals surface area contributed by atoms with E-state index < -0.39 is 5.41 Å². The first-order valence-corrected chi connectivity index (χ1v) is 23.4. The zero-order valence-electron chi connectivity index (χ0n) is 36.8. The van der Waals surface area contributed by atoms with Gasteiger partial charge < -0.3 is 4.57 Å². The van der Waals surface area contributed by atoms with Crippen molar-refractivity contribution in [2.24, 2.45) is 0 Å². The summed E-state index contributed by atoms with van der Waals surface area (Å²) in [5, 5.41) is 5.08. The fourth-order valence-electron chi connectivity index (χ4n) is 12.1. The van der Waals surface area contributed by atoms with Gasteiger partial charge in [-0.05, 0) is 131 Å². The van der Waals surface area contributed by atoms with Crippen LogP contribution in [-0.4, -0.2) is 4.57 Å². The van der Waals surface area contributed by atoms with Crippen molar-refractivity contribution < 1.29 is 0 Å². The van der Waals surface area contributed by atoms with Crippen LogP contribution >= 0.6 is 0 Å². The number of aromatic nitrogens is 1. The molecule has 0 saturated carbocycles. The van der Waals surface area contributed by atoms with Crippen molar-refractivity contribution in [3.8, 4) is 50.2 Å². The molecule has 67 heavy (non-hydrogen) atoms. The number of benzene rings is 11. The first kappa shape index (κ1) is 37.8. The average molecular weight is 850 g/mol. The predicted octanol–water partition coefficient (Wildman–Crippen LogP) is 16.8. The minimum Gasteiger partial charge on any atom is -0.309 e. The molecule has 1 heterocycles. The van der Waals surface area contributed by atoms with Crippen LogP contribution in [0.25, 0.3) is 82.8 Å². The van der Waals surface area contributed by atoms with E-state index >= 15 is 0 Å². The molecule has 0 aliphatic heterocycles. The third-order valence-electron chi connectivity index (χ3n) is 14.9. The summed E-state index contributed by atoms with van der Waals surface area (Å²) in [5.74, 6) is 0.175. The Morgan fingerprint density at radius 3 is 1.76 bits per heavy atom. The molecular formula is C66H43N. The maximum atomic E-state index is 2.50. The highest BCUT2D eigenvalue weighted by Crippen LogP contribution is 2.59. The number of nitrogens with zero attached hydrogens (tertiary/aromatic N) is 1. The zero-order valence-corrected chi connectivity index (χ0v) is 36.8. The molecule has 12 aromatic rings. The highest BCUT2D eigenvalue weighted by atomic mass is 15.0. The van der Waals surface area contributed by atoms with E-state index in [1.165, 1.54) is 116 Å². The monoisotopic (exact) mass is 849 g/mol. The summed E-state index contributed by atoms with van der Waals surface area (Å²) in [5.41, 5.74) is 22.3. The third kappa shape index (κ3) is 5.55. The first-order valence-electron chi connectivity index (χ1n) is 23.4. The van der Waals surface area contributed by atoms with Gasteiger partial charge in [-0.15, -0.1) is 0 Å². The molecule has 0 spiro atoms. The van der Waals surface area contributed by atoms with Crippen molar-refractivity contribution in [1.29, 1.82) is 0 Å². The van der Waals surface area contributed by atoms with Gasteiger partial charge in [0.25, 0.3) is 0 Å². The molecule has 0 N–H and O–H groups in total. The van der Waals surface area contributed by atoms with Crippen molar-refractivity contribution in [1.82, 2.24) is 4.57 Å². The Kier molecular flexibility index (Phi) is 8.33. The van der Waals surface area contributed by atoms with Gasteiger partial charge in [0.2, 0.25) is 0 Å². The van der Waals surface area contributed by atoms with Crippen LogP contribution < -0.4 is 0 Å². The standard InChI is InChI=1S/C66H43N/c1-4-17-43(18-5-1)46-21-16-26-52(40-46)67-61-37-34-48(47-33-35-55-57(41-47)53-27-12-13-28-54(53)63(55)49-32-31-44-19-10-11-20-45(44)39-49)42-58(61)65-62(67)38-36-60-64(65)56-29-14-15-30-59(56)66(60,50-22-6-2-7-23-50)51-24-8-3-9-25-51/h1-42,63H. The average Bonchev–Trinajstić information content (AvgIpc) is 4.03. The molecule has 2 aliphatic rings. The minimum atomic E-state index is -0.503. The van der Waals surface area contributed by atoms with Gasteiger partial charge in [-0.1, -0.05) is 218 Å². The van der Waals surface area contributed by atoms with Gasteiger partial charge in [-0.3, -0.25) is 0 Å². The molecule has 0 radical (unpaired) electrons. The summed E-state index contributed by atoms with van der Waals surface area (Å²) < 4.78 is 2.50. The lowest BCUT2D eigenvalue weighted by Crippen LogP contribution is -2.28. The van der Waals surface area contributed by atoms with Crippen LogP contribution in [0.15, 0.2) is 255 Å². The van der Waals surface area contributed by atoms with Crippen LogP contribution in [-0.2, 0) is 5.41 Å². The van der Waals surface area contributed by atoms with E-state index in [0.29, 0.717) is 0 Å². The van der Waals surface area contributed by atoms with E-state index in [1.807, 2.05) is 0 Å². The van der Waals surface area contributed by atoms with Crippen molar-refractivity contribution in [3.63, 3.8) is 0 Å². The van der Waals surface area contributed by atoms with Gasteiger partial charge >= 0.3 is 0 Å². The number of rotatable bonds is 6. The molecule has 14 rings (SSSR count). The van der Waals surface area contributed by atoms with Crippen LogP contribution in [0, 0.1) is 0 Å². The summed E-state index contributed by atoms with van der Waals surface area (Å²) in [4.78, 5) is 0. The molecule has 11 aromatic carbocycles. The molecule has 1 heteroatoms. The van der Waals surface area contributed by atoms with E-state index in [2.05, 4.69) is 259 Å². The Morgan fingerprint density at radius 1 is 0.343 bits per heavy atom. The number of fused-ring (bicyclic) bond motifs is 11. The molecule has 0 fully saturated rings. The summed E-state index contributed by atoms with van der Waals surface area (Å²) in [6.45, 7) is 0. The fourth-order valence-corrected chi connectivity index (χ4v) is 12.1. The largest absolute Gasteiger partial charge is 0.309 e. The van der Waals surface area contributed by atoms with E-state index in [0.717, 1.165) is 5.69 Å². The maximum Gasteiger partial charge on any atom is 0.0713 e. The summed E-state index contributed by atoms with van der Waals surface area (Å²) >= 11 is 0. The SMILES string of the molecule is c1ccc(-c2cccc(-n3c4ccc(-c5ccc6c(c5)-c5ccccc5C6c5ccc6ccccc6c5)cc4c4c5c(ccc43)C(c3ccccc3)(c3ccccc3)c3ccccc3-5)c2)cc1. The topological polar surface area (TPSA) is 4.93 Å². The second kappa shape index (κ2) is 14.8. The molecule has 1 atom stereocenters. The van der Waals surface area contributed by atoms with Gasteiger partial charge in [0.05, 0.1) is 16.4 Å². The highest BCUT2D eigenvalue weighted by Gasteiger charge is 2.47. The fraction of sp³-hybridized carbons (Fsp3) is 0.0303. The highest BCUT2D eigenvalue weighted by molar-refractivity contribution is 6.19. The molecule has 1 nitrogen and oxygen atoms in total. The lowest BCUT2D eigenvalue weighted by molar-refractivity contribution is 0.769. The van der Waals surface area contributed by atoms with Crippen LogP contribution in [0.5, 0.6) is 0 Å². The summed E-state index contributed by atoms with van der Waals surface area (Å²) in [6.07, 6.45) is 0. The normalized spacial score (nSPS) is 14.2. The Hall–Kier alpha value is -8.52. The smallest absolute Gasteiger partial charge is 0.0713 e. The quantitative estimate of drug-likeness (QED) is 0.157. The number of hydrogen-bond donors (Lipinski definition) is 0. The summed E-state index contributed by atoms with van der Waals surface area (Å²) in [7, 11) is 0. The Labute approximate surface area is 390 Å². The molecule has 1 unspecified atom stereocenters. The molecule has 2 aliphatic carbocycles. The van der Waals surface area contributed by atoms with Crippen LogP contribution in [0.4, 0.5) is 0 Å². The first-order chi connectivity index (χ1) is 33.2. The van der Waals surface area contributed by atoms with Crippen molar-refractivity contribution in [3.05, 3.63) is 294 Å². The van der Waals surface area contributed by atoms with Crippen LogP contribution in [0.2, 0.25) is 0 Å². The minimum absolute atomic E-state index is 0.175. The van der Waals surface area contributed by atoms with Crippen LogP contribution in [0.1, 0.15) is 44.9 Å². The third-order valence-corrected chi connectivity index (χ3v) is 14.9. The molecule has 0 amide bonds. The van der Waals surface area contributed by atoms with E-state index in [4.69, 9.17) is 0 Å². The molecular weight excluding hydrogens is 807 g/mol. The maximum absolute atomic E-state index is 2.50. The zero-order chi connectivity index (χ0) is 44.1. The van der Waals surface area contributed by atoms with Gasteiger partial charge in [0, 0.05) is 22.4 Å². The second-order valence-corrected chi connectivity index (χ2v) is 18.3. The lowest BCUT2D eigenvalue weighted by atomic mass is 9.67. The summed E-state index contributed by atoms with van der Waals surface area (Å²) in [6, 6.07) is 95.2. The Morgan fingerprint density at radius 2 is 0.955 bits per heavy atom. The van der Waals surface area contributed by atoms with Gasteiger partial charge in [-0.25, -0.2) is 0 Å². The van der Waals surface area contributed by atoms with E-state index in [-0.39, 0.29) is 5.92 Å². The lowest BCUT2D eigenvalue weighted by Gasteiger charge is -2.33. The second-order valence-electron chi connectivity index (χ2n) is 18.3. The van der Waals surface area contributed by atoms with E-state index in [1.54, 1.807) is 0 Å². The Balaban J connectivity index is 1.03. The van der Waals surface area contributed by atoms with Gasteiger partial charge in [0.1, 0.15) is 0 Å². The van der Waals surface area contributed by atoms with Gasteiger partial charge in [-0.2, -0.15) is 0 Å². The molecule has 0 bridgehead atoms. The van der Waals surface area contributed by atoms with Gasteiger partial charge in [0.15, 0.2) is 0 Å². The van der Waals surface area contributed by atoms with Crippen molar-refractivity contribution in [2.75, 3.05) is 0 Å². The van der Waals surface area contributed by atoms with Crippen LogP contribution in [0.3, 0.4) is 0 Å². The molecule has 1 aromatic heterocycles. The van der Waals surface area contributed by atoms with Crippen molar-refractivity contribution >= 4 is 32.6 Å². The molecule has 0 saturated heterocycles. The Bertz CT molecular complexity index is 3870.